The first kappa shape index (κ1) is 16.5. The van der Waals surface area contributed by atoms with Crippen LogP contribution in [-0.2, 0) is 0 Å². The molecule has 2 aromatic rings. The summed E-state index contributed by atoms with van der Waals surface area (Å²) < 4.78 is 43.1. The number of nitrogens with one attached hydrogen (secondary N) is 1. The predicted octanol–water partition coefficient (Wildman–Crippen LogP) is 4.29. The number of hydrogen-bond donors (Lipinski definition) is 1. The molecule has 2 rings (SSSR count). The molecule has 21 heavy (non-hydrogen) atoms. The quantitative estimate of drug-likeness (QED) is 0.722. The highest BCUT2D eigenvalue weighted by Crippen LogP contribution is 2.37. The molecule has 1 N–H and O–H groups in total. The molecule has 0 saturated carbocycles. The van der Waals surface area contributed by atoms with Crippen molar-refractivity contribution in [2.75, 3.05) is 19.7 Å². The third kappa shape index (κ3) is 4.55. The minimum atomic E-state index is -4.22. The number of hydrogen-bond acceptors (Lipinski definition) is 3. The summed E-state index contributed by atoms with van der Waals surface area (Å²) in [6, 6.07) is 5.51. The molecule has 0 spiro atoms. The summed E-state index contributed by atoms with van der Waals surface area (Å²) >= 11 is 6.81. The molecule has 0 saturated heterocycles. The van der Waals surface area contributed by atoms with E-state index in [1.54, 1.807) is 12.3 Å². The van der Waals surface area contributed by atoms with Gasteiger partial charge in [-0.3, -0.25) is 4.98 Å². The lowest BCUT2D eigenvalue weighted by atomic mass is 10.2. The standard InChI is InChI=1S/C13H11Br2F3N2O/c14-9-6-10(15)12(11-8(9)2-1-3-20-11)21-5-4-19-7-13(16,17)18/h1-3,6,19H,4-5,7H2. The molecule has 0 aliphatic rings. The van der Waals surface area contributed by atoms with E-state index in [-0.39, 0.29) is 13.2 Å². The summed E-state index contributed by atoms with van der Waals surface area (Å²) in [7, 11) is 0. The van der Waals surface area contributed by atoms with Crippen LogP contribution in [0.25, 0.3) is 10.9 Å². The van der Waals surface area contributed by atoms with Gasteiger partial charge in [-0.2, -0.15) is 13.2 Å². The second kappa shape index (κ2) is 6.93. The normalized spacial score (nSPS) is 11.9. The Bertz CT molecular complexity index is 635. The van der Waals surface area contributed by atoms with E-state index in [1.807, 2.05) is 12.1 Å². The summed E-state index contributed by atoms with van der Waals surface area (Å²) in [6.45, 7) is -0.824. The van der Waals surface area contributed by atoms with Crippen LogP contribution in [0.2, 0.25) is 0 Å². The van der Waals surface area contributed by atoms with Gasteiger partial charge in [-0.05, 0) is 28.1 Å². The zero-order valence-electron chi connectivity index (χ0n) is 10.7. The molecule has 1 heterocycles. The number of pyridine rings is 1. The first-order chi connectivity index (χ1) is 9.88. The average molecular weight is 428 g/mol. The minimum Gasteiger partial charge on any atom is -0.489 e. The van der Waals surface area contributed by atoms with Crippen molar-refractivity contribution in [1.82, 2.24) is 10.3 Å². The first-order valence-electron chi connectivity index (χ1n) is 6.01. The van der Waals surface area contributed by atoms with Crippen molar-refractivity contribution < 1.29 is 17.9 Å². The van der Waals surface area contributed by atoms with Gasteiger partial charge in [0.1, 0.15) is 12.1 Å². The number of rotatable bonds is 5. The lowest BCUT2D eigenvalue weighted by Gasteiger charge is -2.13. The van der Waals surface area contributed by atoms with E-state index in [0.717, 1.165) is 9.86 Å². The lowest BCUT2D eigenvalue weighted by molar-refractivity contribution is -0.124. The highest BCUT2D eigenvalue weighted by molar-refractivity contribution is 9.11. The summed E-state index contributed by atoms with van der Waals surface area (Å²) in [6.07, 6.45) is -2.58. The third-order valence-electron chi connectivity index (χ3n) is 2.60. The summed E-state index contributed by atoms with van der Waals surface area (Å²) in [5.74, 6) is 0.516. The van der Waals surface area contributed by atoms with Gasteiger partial charge in [-0.25, -0.2) is 0 Å². The molecule has 0 amide bonds. The van der Waals surface area contributed by atoms with Crippen LogP contribution in [0.3, 0.4) is 0 Å². The molecular formula is C13H11Br2F3N2O. The molecule has 114 valence electrons. The van der Waals surface area contributed by atoms with Gasteiger partial charge in [-0.15, -0.1) is 0 Å². The topological polar surface area (TPSA) is 34.1 Å². The van der Waals surface area contributed by atoms with Gasteiger partial charge < -0.3 is 10.1 Å². The zero-order valence-corrected chi connectivity index (χ0v) is 13.8. The molecule has 0 aliphatic carbocycles. The molecule has 1 aromatic heterocycles. The van der Waals surface area contributed by atoms with E-state index in [2.05, 4.69) is 42.2 Å². The van der Waals surface area contributed by atoms with E-state index < -0.39 is 12.7 Å². The Kier molecular flexibility index (Phi) is 5.45. The highest BCUT2D eigenvalue weighted by atomic mass is 79.9. The lowest BCUT2D eigenvalue weighted by Crippen LogP contribution is -2.31. The van der Waals surface area contributed by atoms with E-state index in [0.29, 0.717) is 15.7 Å². The molecule has 0 unspecified atom stereocenters. The first-order valence-corrected chi connectivity index (χ1v) is 7.60. The van der Waals surface area contributed by atoms with Gasteiger partial charge in [0.2, 0.25) is 0 Å². The summed E-state index contributed by atoms with van der Waals surface area (Å²) in [4.78, 5) is 4.26. The van der Waals surface area contributed by atoms with Crippen LogP contribution in [0.4, 0.5) is 13.2 Å². The molecule has 0 fully saturated rings. The van der Waals surface area contributed by atoms with Crippen LogP contribution in [0.1, 0.15) is 0 Å². The fraction of sp³-hybridized carbons (Fsp3) is 0.308. The van der Waals surface area contributed by atoms with Gasteiger partial charge in [-0.1, -0.05) is 22.0 Å². The van der Waals surface area contributed by atoms with Crippen LogP contribution >= 0.6 is 31.9 Å². The molecule has 0 bridgehead atoms. The fourth-order valence-electron chi connectivity index (χ4n) is 1.74. The molecule has 1 aromatic carbocycles. The molecule has 0 aliphatic heterocycles. The van der Waals surface area contributed by atoms with Gasteiger partial charge in [0, 0.05) is 22.6 Å². The number of fused-ring (bicyclic) bond motifs is 1. The second-order valence-electron chi connectivity index (χ2n) is 4.21. The Morgan fingerprint density at radius 3 is 2.71 bits per heavy atom. The zero-order chi connectivity index (χ0) is 15.5. The van der Waals surface area contributed by atoms with Crippen LogP contribution < -0.4 is 10.1 Å². The minimum absolute atomic E-state index is 0.0936. The van der Waals surface area contributed by atoms with Crippen molar-refractivity contribution in [3.8, 4) is 5.75 Å². The van der Waals surface area contributed by atoms with Crippen molar-refractivity contribution in [2.24, 2.45) is 0 Å². The van der Waals surface area contributed by atoms with Crippen molar-refractivity contribution >= 4 is 42.8 Å². The maximum absolute atomic E-state index is 12.0. The predicted molar refractivity (Wildman–Crippen MR) is 81.6 cm³/mol. The Labute approximate surface area is 136 Å². The molecular weight excluding hydrogens is 417 g/mol. The van der Waals surface area contributed by atoms with Crippen molar-refractivity contribution in [3.05, 3.63) is 33.3 Å². The second-order valence-corrected chi connectivity index (χ2v) is 5.92. The number of halogens is 5. The Morgan fingerprint density at radius 2 is 2.00 bits per heavy atom. The van der Waals surface area contributed by atoms with E-state index >= 15 is 0 Å². The van der Waals surface area contributed by atoms with Crippen LogP contribution in [0.5, 0.6) is 5.75 Å². The fourth-order valence-corrected chi connectivity index (χ4v) is 3.13. The van der Waals surface area contributed by atoms with Crippen LogP contribution in [0.15, 0.2) is 33.3 Å². The number of aromatic nitrogens is 1. The summed E-state index contributed by atoms with van der Waals surface area (Å²) in [5, 5.41) is 3.15. The van der Waals surface area contributed by atoms with Gasteiger partial charge in [0.15, 0.2) is 5.75 Å². The number of alkyl halides is 3. The van der Waals surface area contributed by atoms with Crippen molar-refractivity contribution in [2.45, 2.75) is 6.18 Å². The average Bonchev–Trinajstić information content (AvgIpc) is 2.40. The number of benzene rings is 1. The molecule has 3 nitrogen and oxygen atoms in total. The SMILES string of the molecule is FC(F)(F)CNCCOc1c(Br)cc(Br)c2cccnc12. The molecule has 8 heteroatoms. The van der Waals surface area contributed by atoms with Crippen molar-refractivity contribution in [3.63, 3.8) is 0 Å². The third-order valence-corrected chi connectivity index (χ3v) is 3.85. The highest BCUT2D eigenvalue weighted by Gasteiger charge is 2.26. The van der Waals surface area contributed by atoms with E-state index in [4.69, 9.17) is 4.74 Å². The Hall–Kier alpha value is -0.860. The molecule has 0 radical (unpaired) electrons. The monoisotopic (exact) mass is 426 g/mol. The molecule has 0 atom stereocenters. The van der Waals surface area contributed by atoms with Crippen molar-refractivity contribution in [1.29, 1.82) is 0 Å². The number of nitrogens with zero attached hydrogens (tertiary/aromatic N) is 1. The van der Waals surface area contributed by atoms with Gasteiger partial charge in [0.25, 0.3) is 0 Å². The number of ether oxygens (including phenoxy) is 1. The summed E-state index contributed by atoms with van der Waals surface area (Å²) in [5.41, 5.74) is 0.648. The van der Waals surface area contributed by atoms with Crippen LogP contribution in [0, 0.1) is 0 Å². The largest absolute Gasteiger partial charge is 0.489 e. The van der Waals surface area contributed by atoms with Gasteiger partial charge in [0.05, 0.1) is 11.0 Å². The maximum Gasteiger partial charge on any atom is 0.401 e. The Morgan fingerprint density at radius 1 is 1.24 bits per heavy atom. The van der Waals surface area contributed by atoms with E-state index in [9.17, 15) is 13.2 Å². The van der Waals surface area contributed by atoms with E-state index in [1.165, 1.54) is 0 Å². The Balaban J connectivity index is 2.05. The van der Waals surface area contributed by atoms with Gasteiger partial charge >= 0.3 is 6.18 Å². The maximum atomic E-state index is 12.0. The smallest absolute Gasteiger partial charge is 0.401 e. The van der Waals surface area contributed by atoms with Crippen LogP contribution in [-0.4, -0.2) is 30.9 Å².